The second-order valence-corrected chi connectivity index (χ2v) is 9.81. The summed E-state index contributed by atoms with van der Waals surface area (Å²) < 4.78 is 5.67. The molecule has 1 unspecified atom stereocenters. The van der Waals surface area contributed by atoms with Crippen LogP contribution in [-0.2, 0) is 9.59 Å². The van der Waals surface area contributed by atoms with Crippen LogP contribution in [0.1, 0.15) is 49.8 Å². The second-order valence-electron chi connectivity index (χ2n) is 9.43. The van der Waals surface area contributed by atoms with Crippen molar-refractivity contribution in [1.82, 2.24) is 5.32 Å². The molecule has 0 aliphatic carbocycles. The first-order valence-electron chi connectivity index (χ1n) is 11.0. The van der Waals surface area contributed by atoms with Gasteiger partial charge < -0.3 is 9.64 Å². The summed E-state index contributed by atoms with van der Waals surface area (Å²) in [6, 6.07) is 11.5. The number of thiocarbonyl (C=S) groups is 1. The van der Waals surface area contributed by atoms with E-state index < -0.39 is 11.8 Å². The van der Waals surface area contributed by atoms with Crippen molar-refractivity contribution < 1.29 is 14.3 Å². The Bertz CT molecular complexity index is 1200. The van der Waals surface area contributed by atoms with Crippen LogP contribution in [0.5, 0.6) is 5.75 Å². The van der Waals surface area contributed by atoms with E-state index in [2.05, 4.69) is 38.0 Å². The van der Waals surface area contributed by atoms with Gasteiger partial charge in [-0.25, -0.2) is 0 Å². The van der Waals surface area contributed by atoms with Crippen LogP contribution >= 0.6 is 12.2 Å². The zero-order chi connectivity index (χ0) is 24.1. The van der Waals surface area contributed by atoms with Gasteiger partial charge in [0.05, 0.1) is 12.8 Å². The number of nitrogens with one attached hydrogen (secondary N) is 1. The second kappa shape index (κ2) is 8.30. The number of ether oxygens (including phenoxy) is 1. The lowest BCUT2D eigenvalue weighted by atomic mass is 9.79. The number of fused-ring (bicyclic) bond motifs is 1. The van der Waals surface area contributed by atoms with Crippen molar-refractivity contribution in [3.05, 3.63) is 58.7 Å². The van der Waals surface area contributed by atoms with E-state index in [0.29, 0.717) is 22.9 Å². The third-order valence-electron chi connectivity index (χ3n) is 6.65. The summed E-state index contributed by atoms with van der Waals surface area (Å²) in [6.45, 7) is 8.59. The van der Waals surface area contributed by atoms with E-state index in [1.54, 1.807) is 19.3 Å². The zero-order valence-corrected chi connectivity index (χ0v) is 20.7. The molecular weight excluding hydrogens is 434 g/mol. The van der Waals surface area contributed by atoms with Crippen LogP contribution in [0.2, 0.25) is 0 Å². The lowest BCUT2D eigenvalue weighted by Crippen LogP contribution is -2.54. The number of benzene rings is 2. The van der Waals surface area contributed by atoms with Gasteiger partial charge in [-0.05, 0) is 80.7 Å². The smallest absolute Gasteiger partial charge is 0.270 e. The minimum atomic E-state index is -0.514. The molecule has 2 heterocycles. The number of methoxy groups -OCH3 is 1. The maximum Gasteiger partial charge on any atom is 0.270 e. The van der Waals surface area contributed by atoms with Gasteiger partial charge >= 0.3 is 0 Å². The van der Waals surface area contributed by atoms with Gasteiger partial charge in [0.25, 0.3) is 11.8 Å². The first-order valence-corrected chi connectivity index (χ1v) is 11.4. The molecule has 0 spiro atoms. The Kier molecular flexibility index (Phi) is 5.78. The van der Waals surface area contributed by atoms with E-state index in [-0.39, 0.29) is 16.2 Å². The summed E-state index contributed by atoms with van der Waals surface area (Å²) >= 11 is 5.32. The summed E-state index contributed by atoms with van der Waals surface area (Å²) in [7, 11) is 3.68. The summed E-state index contributed by atoms with van der Waals surface area (Å²) in [4.78, 5) is 29.8. The van der Waals surface area contributed by atoms with Crippen molar-refractivity contribution in [2.24, 2.45) is 0 Å². The molecule has 172 valence electrons. The lowest BCUT2D eigenvalue weighted by molar-refractivity contribution is -0.122. The third-order valence-corrected chi connectivity index (χ3v) is 6.93. The summed E-state index contributed by atoms with van der Waals surface area (Å²) in [5.74, 6) is -0.0456. The zero-order valence-electron chi connectivity index (χ0n) is 19.9. The number of carbonyl (C=O) groups is 2. The van der Waals surface area contributed by atoms with Crippen LogP contribution in [0, 0.1) is 6.92 Å². The Hall–Kier alpha value is -3.19. The number of aryl methyl sites for hydroxylation is 1. The third kappa shape index (κ3) is 4.02. The first kappa shape index (κ1) is 23.0. The van der Waals surface area contributed by atoms with Crippen LogP contribution in [-0.4, -0.2) is 36.6 Å². The highest BCUT2D eigenvalue weighted by molar-refractivity contribution is 7.80. The highest BCUT2D eigenvalue weighted by Crippen LogP contribution is 2.45. The van der Waals surface area contributed by atoms with Crippen LogP contribution in [0.15, 0.2) is 42.0 Å². The standard InChI is InChI=1S/C26H29N3O3S/c1-15-8-7-9-18(10-15)29-24(31)20(23(30)27-25(29)33)12-17-11-19-16(2)14-26(3,4)28(5)21(19)13-22(17)32-6/h7-13,16H,14H2,1-6H3,(H,27,30,33)/b20-12-. The van der Waals surface area contributed by atoms with Crippen LogP contribution in [0.4, 0.5) is 11.4 Å². The van der Waals surface area contributed by atoms with E-state index in [1.165, 1.54) is 10.5 Å². The molecule has 1 N–H and O–H groups in total. The molecule has 1 atom stereocenters. The number of amides is 2. The minimum Gasteiger partial charge on any atom is -0.496 e. The highest BCUT2D eigenvalue weighted by Gasteiger charge is 2.37. The molecule has 2 aromatic rings. The topological polar surface area (TPSA) is 61.9 Å². The molecule has 2 aliphatic heterocycles. The fourth-order valence-corrected chi connectivity index (χ4v) is 5.00. The minimum absolute atomic E-state index is 0.0144. The van der Waals surface area contributed by atoms with Gasteiger partial charge in [-0.2, -0.15) is 0 Å². The average molecular weight is 464 g/mol. The normalized spacial score (nSPS) is 21.2. The van der Waals surface area contributed by atoms with Gasteiger partial charge in [0.1, 0.15) is 11.3 Å². The molecule has 6 nitrogen and oxygen atoms in total. The summed E-state index contributed by atoms with van der Waals surface area (Å²) in [6.07, 6.45) is 2.60. The summed E-state index contributed by atoms with van der Waals surface area (Å²) in [5.41, 5.74) is 4.58. The van der Waals surface area contributed by atoms with E-state index >= 15 is 0 Å². The maximum atomic E-state index is 13.4. The molecule has 7 heteroatoms. The van der Waals surface area contributed by atoms with Gasteiger partial charge in [0.2, 0.25) is 0 Å². The van der Waals surface area contributed by atoms with Crippen molar-refractivity contribution >= 4 is 46.6 Å². The molecule has 33 heavy (non-hydrogen) atoms. The molecule has 0 aromatic heterocycles. The molecule has 0 saturated carbocycles. The van der Waals surface area contributed by atoms with Crippen molar-refractivity contribution in [2.75, 3.05) is 24.0 Å². The number of rotatable bonds is 3. The van der Waals surface area contributed by atoms with E-state index in [0.717, 1.165) is 17.7 Å². The molecular formula is C26H29N3O3S. The number of anilines is 2. The Morgan fingerprint density at radius 1 is 1.21 bits per heavy atom. The van der Waals surface area contributed by atoms with Gasteiger partial charge in [-0.3, -0.25) is 19.8 Å². The highest BCUT2D eigenvalue weighted by atomic mass is 32.1. The molecule has 2 aliphatic rings. The predicted molar refractivity (Wildman–Crippen MR) is 136 cm³/mol. The van der Waals surface area contributed by atoms with Gasteiger partial charge in [0, 0.05) is 29.9 Å². The van der Waals surface area contributed by atoms with Crippen molar-refractivity contribution in [3.8, 4) is 5.75 Å². The quantitative estimate of drug-likeness (QED) is 0.411. The van der Waals surface area contributed by atoms with Crippen molar-refractivity contribution in [1.29, 1.82) is 0 Å². The number of hydrogen-bond donors (Lipinski definition) is 1. The van der Waals surface area contributed by atoms with Crippen LogP contribution in [0.25, 0.3) is 6.08 Å². The van der Waals surface area contributed by atoms with Gasteiger partial charge in [-0.1, -0.05) is 19.1 Å². The van der Waals surface area contributed by atoms with Crippen LogP contribution in [0.3, 0.4) is 0 Å². The van der Waals surface area contributed by atoms with Crippen molar-refractivity contribution in [2.45, 2.75) is 45.6 Å². The number of carbonyl (C=O) groups excluding carboxylic acids is 2. The van der Waals surface area contributed by atoms with Crippen molar-refractivity contribution in [3.63, 3.8) is 0 Å². The largest absolute Gasteiger partial charge is 0.496 e. The first-order chi connectivity index (χ1) is 15.5. The fraction of sp³-hybridized carbons (Fsp3) is 0.346. The molecule has 2 amide bonds. The molecule has 0 bridgehead atoms. The number of hydrogen-bond acceptors (Lipinski definition) is 5. The number of nitrogens with zero attached hydrogens (tertiary/aromatic N) is 2. The molecule has 1 fully saturated rings. The van der Waals surface area contributed by atoms with E-state index in [1.807, 2.05) is 37.3 Å². The van der Waals surface area contributed by atoms with E-state index in [4.69, 9.17) is 17.0 Å². The Morgan fingerprint density at radius 3 is 2.61 bits per heavy atom. The molecule has 2 aromatic carbocycles. The lowest BCUT2D eigenvalue weighted by Gasteiger charge is -2.45. The Morgan fingerprint density at radius 2 is 1.94 bits per heavy atom. The Balaban J connectivity index is 1.81. The van der Waals surface area contributed by atoms with Crippen LogP contribution < -0.4 is 19.9 Å². The fourth-order valence-electron chi connectivity index (χ4n) is 4.71. The van der Waals surface area contributed by atoms with Gasteiger partial charge in [-0.15, -0.1) is 0 Å². The molecule has 0 radical (unpaired) electrons. The van der Waals surface area contributed by atoms with Gasteiger partial charge in [0.15, 0.2) is 5.11 Å². The average Bonchev–Trinajstić information content (AvgIpc) is 2.74. The molecule has 4 rings (SSSR count). The predicted octanol–water partition coefficient (Wildman–Crippen LogP) is 4.56. The SMILES string of the molecule is COc1cc2c(cc1/C=C1/C(=O)NC(=S)N(c3cccc(C)c3)C1=O)C(C)CC(C)(C)N2C. The summed E-state index contributed by atoms with van der Waals surface area (Å²) in [5, 5.41) is 2.73. The van der Waals surface area contributed by atoms with E-state index in [9.17, 15) is 9.59 Å². The maximum absolute atomic E-state index is 13.4. The Labute approximate surface area is 200 Å². The molecule has 1 saturated heterocycles. The monoisotopic (exact) mass is 463 g/mol.